The summed E-state index contributed by atoms with van der Waals surface area (Å²) >= 11 is 0. The minimum atomic E-state index is -0.475. The summed E-state index contributed by atoms with van der Waals surface area (Å²) in [5, 5.41) is 12.5. The summed E-state index contributed by atoms with van der Waals surface area (Å²) in [4.78, 5) is 10.9. The Hall–Kier alpha value is -1.88. The number of anilines is 1. The Morgan fingerprint density at radius 3 is 2.76 bits per heavy atom. The first-order chi connectivity index (χ1) is 8.26. The van der Waals surface area contributed by atoms with Crippen molar-refractivity contribution < 1.29 is 14.6 Å². The molecule has 0 radical (unpaired) electrons. The zero-order chi connectivity index (χ0) is 12.5. The van der Waals surface area contributed by atoms with Crippen LogP contribution in [-0.4, -0.2) is 30.5 Å². The Bertz CT molecular complexity index is 374. The molecule has 5 nitrogen and oxygen atoms in total. The van der Waals surface area contributed by atoms with Gasteiger partial charge in [-0.15, -0.1) is 0 Å². The lowest BCUT2D eigenvalue weighted by atomic mass is 10.1. The van der Waals surface area contributed by atoms with Gasteiger partial charge in [-0.3, -0.25) is 5.43 Å². The van der Waals surface area contributed by atoms with Crippen molar-refractivity contribution >= 4 is 17.9 Å². The zero-order valence-electron chi connectivity index (χ0n) is 9.72. The van der Waals surface area contributed by atoms with E-state index in [4.69, 9.17) is 5.11 Å². The lowest BCUT2D eigenvalue weighted by molar-refractivity contribution is -0.134. The van der Waals surface area contributed by atoms with Gasteiger partial charge >= 0.3 is 5.97 Å². The summed E-state index contributed by atoms with van der Waals surface area (Å²) in [6.45, 7) is 2.20. The Morgan fingerprint density at radius 2 is 2.18 bits per heavy atom. The maximum Gasteiger partial charge on any atom is 0.351 e. The van der Waals surface area contributed by atoms with Crippen molar-refractivity contribution in [3.8, 4) is 0 Å². The van der Waals surface area contributed by atoms with Gasteiger partial charge in [0.25, 0.3) is 0 Å². The zero-order valence-corrected chi connectivity index (χ0v) is 9.72. The van der Waals surface area contributed by atoms with E-state index in [1.165, 1.54) is 0 Å². The second-order valence-electron chi connectivity index (χ2n) is 3.29. The Balaban J connectivity index is 2.44. The van der Waals surface area contributed by atoms with Gasteiger partial charge in [0, 0.05) is 6.61 Å². The Labute approximate surface area is 100 Å². The number of carbonyl (C=O) groups is 1. The molecule has 0 spiro atoms. The fourth-order valence-corrected chi connectivity index (χ4v) is 1.21. The van der Waals surface area contributed by atoms with Gasteiger partial charge in [0.15, 0.2) is 0 Å². The fraction of sp³-hybridized carbons (Fsp3) is 0.333. The average Bonchev–Trinajstić information content (AvgIpc) is 2.32. The van der Waals surface area contributed by atoms with Crippen LogP contribution in [0.3, 0.4) is 0 Å². The third-order valence-corrected chi connectivity index (χ3v) is 2.00. The number of aliphatic hydroxyl groups is 1. The standard InChI is InChI=1S/C12H16N2O3/c1-2-17-12(16)9-13-14-11-5-3-10(4-6-11)7-8-15/h3-6,9,14-15H,2,7-8H2,1H3/b13-9-. The van der Waals surface area contributed by atoms with Crippen LogP contribution < -0.4 is 5.43 Å². The molecular formula is C12H16N2O3. The highest BCUT2D eigenvalue weighted by Crippen LogP contribution is 2.09. The number of hydrogen-bond donors (Lipinski definition) is 2. The average molecular weight is 236 g/mol. The Kier molecular flexibility index (Phi) is 5.74. The van der Waals surface area contributed by atoms with Gasteiger partial charge in [-0.2, -0.15) is 5.10 Å². The second kappa shape index (κ2) is 7.40. The summed E-state index contributed by atoms with van der Waals surface area (Å²) in [6.07, 6.45) is 1.72. The van der Waals surface area contributed by atoms with Crippen LogP contribution in [0.5, 0.6) is 0 Å². The molecule has 0 saturated carbocycles. The number of nitrogens with one attached hydrogen (secondary N) is 1. The van der Waals surface area contributed by atoms with Gasteiger partial charge in [0.05, 0.1) is 12.3 Å². The van der Waals surface area contributed by atoms with Gasteiger partial charge in [0.1, 0.15) is 6.21 Å². The molecule has 92 valence electrons. The van der Waals surface area contributed by atoms with Gasteiger partial charge in [-0.25, -0.2) is 4.79 Å². The highest BCUT2D eigenvalue weighted by atomic mass is 16.5. The molecule has 0 aliphatic rings. The van der Waals surface area contributed by atoms with Gasteiger partial charge in [0.2, 0.25) is 0 Å². The number of ether oxygens (including phenoxy) is 1. The molecule has 2 N–H and O–H groups in total. The first-order valence-electron chi connectivity index (χ1n) is 5.42. The molecule has 1 rings (SSSR count). The smallest absolute Gasteiger partial charge is 0.351 e. The number of hydrazone groups is 1. The van der Waals surface area contributed by atoms with Crippen LogP contribution in [0.4, 0.5) is 5.69 Å². The predicted octanol–water partition coefficient (Wildman–Crippen LogP) is 1.18. The van der Waals surface area contributed by atoms with Crippen molar-refractivity contribution in [2.45, 2.75) is 13.3 Å². The fourth-order valence-electron chi connectivity index (χ4n) is 1.21. The number of aliphatic hydroxyl groups excluding tert-OH is 1. The van der Waals surface area contributed by atoms with Crippen LogP contribution in [-0.2, 0) is 16.0 Å². The summed E-state index contributed by atoms with van der Waals surface area (Å²) in [7, 11) is 0. The molecule has 17 heavy (non-hydrogen) atoms. The number of rotatable bonds is 6. The monoisotopic (exact) mass is 236 g/mol. The van der Waals surface area contributed by atoms with Crippen molar-refractivity contribution in [1.82, 2.24) is 0 Å². The van der Waals surface area contributed by atoms with E-state index in [0.717, 1.165) is 17.5 Å². The van der Waals surface area contributed by atoms with E-state index in [1.807, 2.05) is 24.3 Å². The molecule has 0 bridgehead atoms. The maximum atomic E-state index is 10.9. The summed E-state index contributed by atoms with van der Waals surface area (Å²) < 4.78 is 4.67. The van der Waals surface area contributed by atoms with Crippen LogP contribution in [0.25, 0.3) is 0 Å². The summed E-state index contributed by atoms with van der Waals surface area (Å²) in [5.74, 6) is -0.475. The van der Waals surface area contributed by atoms with E-state index in [2.05, 4.69) is 15.3 Å². The van der Waals surface area contributed by atoms with E-state index >= 15 is 0 Å². The summed E-state index contributed by atoms with van der Waals surface area (Å²) in [5.41, 5.74) is 4.53. The molecule has 5 heteroatoms. The summed E-state index contributed by atoms with van der Waals surface area (Å²) in [6, 6.07) is 7.43. The van der Waals surface area contributed by atoms with Crippen LogP contribution >= 0.6 is 0 Å². The van der Waals surface area contributed by atoms with Crippen LogP contribution in [0.2, 0.25) is 0 Å². The van der Waals surface area contributed by atoms with E-state index < -0.39 is 5.97 Å². The van der Waals surface area contributed by atoms with Crippen molar-refractivity contribution in [1.29, 1.82) is 0 Å². The molecule has 0 saturated heterocycles. The first-order valence-corrected chi connectivity index (χ1v) is 5.42. The Morgan fingerprint density at radius 1 is 1.47 bits per heavy atom. The third-order valence-electron chi connectivity index (χ3n) is 2.00. The van der Waals surface area contributed by atoms with Gasteiger partial charge in [-0.1, -0.05) is 12.1 Å². The molecule has 0 unspecified atom stereocenters. The molecule has 0 atom stereocenters. The first kappa shape index (κ1) is 13.2. The van der Waals surface area contributed by atoms with E-state index in [0.29, 0.717) is 13.0 Å². The quantitative estimate of drug-likeness (QED) is 0.442. The number of carbonyl (C=O) groups excluding carboxylic acids is 1. The number of benzene rings is 1. The normalized spacial score (nSPS) is 10.5. The van der Waals surface area contributed by atoms with Crippen molar-refractivity contribution in [2.24, 2.45) is 5.10 Å². The van der Waals surface area contributed by atoms with Gasteiger partial charge in [-0.05, 0) is 31.0 Å². The predicted molar refractivity (Wildman–Crippen MR) is 66.0 cm³/mol. The molecule has 0 aliphatic heterocycles. The van der Waals surface area contributed by atoms with Crippen molar-refractivity contribution in [3.05, 3.63) is 29.8 Å². The molecule has 1 aromatic carbocycles. The highest BCUT2D eigenvalue weighted by Gasteiger charge is 1.95. The largest absolute Gasteiger partial charge is 0.462 e. The van der Waals surface area contributed by atoms with Crippen LogP contribution in [0.1, 0.15) is 12.5 Å². The highest BCUT2D eigenvalue weighted by molar-refractivity contribution is 6.23. The maximum absolute atomic E-state index is 10.9. The van der Waals surface area contributed by atoms with Gasteiger partial charge < -0.3 is 9.84 Å². The molecule has 0 aromatic heterocycles. The third kappa shape index (κ3) is 5.12. The SMILES string of the molecule is CCOC(=O)/C=N\Nc1ccc(CCO)cc1. The van der Waals surface area contributed by atoms with E-state index in [1.54, 1.807) is 6.92 Å². The topological polar surface area (TPSA) is 70.9 Å². The number of nitrogens with zero attached hydrogens (tertiary/aromatic N) is 1. The molecular weight excluding hydrogens is 220 g/mol. The lowest BCUT2D eigenvalue weighted by Crippen LogP contribution is -2.06. The lowest BCUT2D eigenvalue weighted by Gasteiger charge is -2.02. The molecule has 0 amide bonds. The minimum absolute atomic E-state index is 0.133. The second-order valence-corrected chi connectivity index (χ2v) is 3.29. The molecule has 1 aromatic rings. The van der Waals surface area contributed by atoms with Crippen molar-refractivity contribution in [3.63, 3.8) is 0 Å². The molecule has 0 aliphatic carbocycles. The van der Waals surface area contributed by atoms with E-state index in [-0.39, 0.29) is 6.61 Å². The number of hydrogen-bond acceptors (Lipinski definition) is 5. The van der Waals surface area contributed by atoms with Crippen molar-refractivity contribution in [2.75, 3.05) is 18.6 Å². The molecule has 0 fully saturated rings. The number of esters is 1. The minimum Gasteiger partial charge on any atom is -0.462 e. The van der Waals surface area contributed by atoms with Crippen LogP contribution in [0.15, 0.2) is 29.4 Å². The van der Waals surface area contributed by atoms with E-state index in [9.17, 15) is 4.79 Å². The molecule has 0 heterocycles. The van der Waals surface area contributed by atoms with Crippen LogP contribution in [0, 0.1) is 0 Å².